The number of nitrogens with zero attached hydrogens (tertiary/aromatic N) is 3. The first kappa shape index (κ1) is 21.8. The van der Waals surface area contributed by atoms with Crippen molar-refractivity contribution >= 4 is 23.6 Å². The zero-order valence-electron chi connectivity index (χ0n) is 18.4. The Labute approximate surface area is 184 Å². The number of carbonyl (C=O) groups is 3. The summed E-state index contributed by atoms with van der Waals surface area (Å²) < 4.78 is 6.98. The summed E-state index contributed by atoms with van der Waals surface area (Å²) in [6.45, 7) is 6.47. The fourth-order valence-corrected chi connectivity index (χ4v) is 3.79. The largest absolute Gasteiger partial charge is 0.444 e. The molecule has 0 bridgehead atoms. The van der Waals surface area contributed by atoms with E-state index < -0.39 is 11.5 Å². The molecule has 1 aliphatic heterocycles. The van der Waals surface area contributed by atoms with Crippen molar-refractivity contribution in [3.8, 4) is 0 Å². The van der Waals surface area contributed by atoms with E-state index in [-0.39, 0.29) is 40.6 Å². The van der Waals surface area contributed by atoms with Crippen LogP contribution in [0.3, 0.4) is 0 Å². The number of hydrazine groups is 1. The van der Waals surface area contributed by atoms with E-state index in [1.54, 1.807) is 9.42 Å². The third-order valence-electron chi connectivity index (χ3n) is 5.59. The highest BCUT2D eigenvalue weighted by molar-refractivity contribution is 6.00. The molecule has 2 aromatic rings. The van der Waals surface area contributed by atoms with E-state index in [1.807, 2.05) is 20.8 Å². The van der Waals surface area contributed by atoms with Gasteiger partial charge in [-0.25, -0.2) is 9.31 Å². The summed E-state index contributed by atoms with van der Waals surface area (Å²) in [7, 11) is 0. The zero-order chi connectivity index (χ0) is 23.0. The van der Waals surface area contributed by atoms with Crippen molar-refractivity contribution in [3.63, 3.8) is 0 Å². The van der Waals surface area contributed by atoms with Gasteiger partial charge in [0.05, 0.1) is 11.9 Å². The van der Waals surface area contributed by atoms with Gasteiger partial charge in [0.25, 0.3) is 11.5 Å². The van der Waals surface area contributed by atoms with Gasteiger partial charge in [0.1, 0.15) is 16.8 Å². The number of likely N-dealkylation sites (tertiary alicyclic amines) is 1. The second kappa shape index (κ2) is 8.29. The average molecular weight is 444 g/mol. The Kier molecular flexibility index (Phi) is 5.66. The molecule has 4 rings (SSSR count). The van der Waals surface area contributed by atoms with Crippen molar-refractivity contribution in [2.24, 2.45) is 5.92 Å². The molecule has 2 aromatic heterocycles. The highest BCUT2D eigenvalue weighted by Gasteiger charge is 2.31. The maximum absolute atomic E-state index is 12.5. The van der Waals surface area contributed by atoms with Gasteiger partial charge in [0.2, 0.25) is 5.91 Å². The van der Waals surface area contributed by atoms with Gasteiger partial charge in [0, 0.05) is 31.0 Å². The third kappa shape index (κ3) is 4.76. The minimum absolute atomic E-state index is 0.0103. The van der Waals surface area contributed by atoms with Gasteiger partial charge in [0.15, 0.2) is 0 Å². The molecule has 1 saturated carbocycles. The van der Waals surface area contributed by atoms with E-state index in [9.17, 15) is 19.2 Å². The molecule has 3 amide bonds. The van der Waals surface area contributed by atoms with Crippen LogP contribution in [-0.2, 0) is 9.53 Å². The topological polar surface area (TPSA) is 138 Å². The van der Waals surface area contributed by atoms with Crippen molar-refractivity contribution in [1.29, 1.82) is 0 Å². The standard InChI is InChI=1S/C21H28N6O5/c1-21(2,3)32-20(31)26-8-6-12(7-9-26)15-10-16(28)23-17-14(11-22-27(15)17)19(30)25-24-18(29)13-4-5-13/h10-13H,4-9H2,1-3H3,(H,23,28)(H,24,29)(H,25,30). The number of H-pyrrole nitrogens is 1. The lowest BCUT2D eigenvalue weighted by molar-refractivity contribution is -0.123. The molecular weight excluding hydrogens is 416 g/mol. The summed E-state index contributed by atoms with van der Waals surface area (Å²) in [6.07, 6.45) is 3.93. The Balaban J connectivity index is 1.48. The predicted molar refractivity (Wildman–Crippen MR) is 114 cm³/mol. The van der Waals surface area contributed by atoms with Crippen LogP contribution in [0, 0.1) is 5.92 Å². The van der Waals surface area contributed by atoms with Crippen LogP contribution in [-0.4, -0.2) is 56.1 Å². The number of hydrogen-bond acceptors (Lipinski definition) is 6. The molecule has 172 valence electrons. The maximum Gasteiger partial charge on any atom is 0.410 e. The maximum atomic E-state index is 12.5. The van der Waals surface area contributed by atoms with Crippen molar-refractivity contribution in [2.45, 2.75) is 58.0 Å². The number of nitrogens with one attached hydrogen (secondary N) is 3. The Morgan fingerprint density at radius 1 is 1.12 bits per heavy atom. The number of fused-ring (bicyclic) bond motifs is 1. The van der Waals surface area contributed by atoms with Crippen LogP contribution >= 0.6 is 0 Å². The molecule has 0 atom stereocenters. The van der Waals surface area contributed by atoms with Crippen LogP contribution in [0.5, 0.6) is 0 Å². The summed E-state index contributed by atoms with van der Waals surface area (Å²) in [5, 5.41) is 4.30. The summed E-state index contributed by atoms with van der Waals surface area (Å²) in [5.74, 6) is -0.830. The Morgan fingerprint density at radius 2 is 1.81 bits per heavy atom. The molecule has 1 aliphatic carbocycles. The Bertz CT molecular complexity index is 1100. The number of carbonyl (C=O) groups excluding carboxylic acids is 3. The normalized spacial score (nSPS) is 17.3. The molecule has 32 heavy (non-hydrogen) atoms. The fourth-order valence-electron chi connectivity index (χ4n) is 3.79. The molecule has 3 N–H and O–H groups in total. The number of piperidine rings is 1. The molecular formula is C21H28N6O5. The van der Waals surface area contributed by atoms with Gasteiger partial charge in [-0.1, -0.05) is 0 Å². The van der Waals surface area contributed by atoms with E-state index in [2.05, 4.69) is 20.9 Å². The molecule has 0 radical (unpaired) electrons. The van der Waals surface area contributed by atoms with Crippen molar-refractivity contribution in [2.75, 3.05) is 13.1 Å². The lowest BCUT2D eigenvalue weighted by Crippen LogP contribution is -2.42. The van der Waals surface area contributed by atoms with E-state index in [4.69, 9.17) is 4.74 Å². The summed E-state index contributed by atoms with van der Waals surface area (Å²) in [4.78, 5) is 53.3. The first-order chi connectivity index (χ1) is 15.1. The Hall–Kier alpha value is -3.37. The van der Waals surface area contributed by atoms with Crippen LogP contribution in [0.1, 0.15) is 68.4 Å². The second-order valence-electron chi connectivity index (χ2n) is 9.34. The lowest BCUT2D eigenvalue weighted by atomic mass is 9.93. The number of aromatic amines is 1. The van der Waals surface area contributed by atoms with E-state index in [0.717, 1.165) is 12.8 Å². The Morgan fingerprint density at radius 3 is 2.44 bits per heavy atom. The van der Waals surface area contributed by atoms with Crippen molar-refractivity contribution < 1.29 is 19.1 Å². The quantitative estimate of drug-likeness (QED) is 0.610. The molecule has 2 fully saturated rings. The number of ether oxygens (including phenoxy) is 1. The molecule has 0 unspecified atom stereocenters. The molecule has 11 heteroatoms. The van der Waals surface area contributed by atoms with Crippen molar-refractivity contribution in [3.05, 3.63) is 33.9 Å². The van der Waals surface area contributed by atoms with Gasteiger partial charge in [-0.2, -0.15) is 5.10 Å². The molecule has 1 saturated heterocycles. The van der Waals surface area contributed by atoms with Gasteiger partial charge in [-0.05, 0) is 46.5 Å². The van der Waals surface area contributed by atoms with E-state index in [1.165, 1.54) is 12.3 Å². The summed E-state index contributed by atoms with van der Waals surface area (Å²) in [5.41, 5.74) is 4.98. The van der Waals surface area contributed by atoms with Crippen LogP contribution in [0.15, 0.2) is 17.1 Å². The van der Waals surface area contributed by atoms with Crippen LogP contribution in [0.4, 0.5) is 4.79 Å². The van der Waals surface area contributed by atoms with E-state index in [0.29, 0.717) is 31.6 Å². The average Bonchev–Trinajstić information content (AvgIpc) is 3.50. The van der Waals surface area contributed by atoms with Gasteiger partial charge >= 0.3 is 6.09 Å². The smallest absolute Gasteiger partial charge is 0.410 e. The number of hydrogen-bond donors (Lipinski definition) is 3. The van der Waals surface area contributed by atoms with Gasteiger partial charge < -0.3 is 14.6 Å². The summed E-state index contributed by atoms with van der Waals surface area (Å²) >= 11 is 0. The summed E-state index contributed by atoms with van der Waals surface area (Å²) in [6, 6.07) is 1.48. The van der Waals surface area contributed by atoms with Crippen molar-refractivity contribution in [1.82, 2.24) is 30.3 Å². The highest BCUT2D eigenvalue weighted by atomic mass is 16.6. The van der Waals surface area contributed by atoms with Gasteiger partial charge in [-0.15, -0.1) is 0 Å². The first-order valence-electron chi connectivity index (χ1n) is 10.8. The minimum Gasteiger partial charge on any atom is -0.444 e. The van der Waals surface area contributed by atoms with Crippen LogP contribution < -0.4 is 16.4 Å². The first-order valence-corrected chi connectivity index (χ1v) is 10.8. The fraction of sp³-hybridized carbons (Fsp3) is 0.571. The molecule has 0 spiro atoms. The number of aromatic nitrogens is 3. The molecule has 3 heterocycles. The number of amides is 3. The number of rotatable bonds is 3. The van der Waals surface area contributed by atoms with Crippen LogP contribution in [0.25, 0.3) is 5.65 Å². The van der Waals surface area contributed by atoms with Gasteiger partial charge in [-0.3, -0.25) is 25.2 Å². The second-order valence-corrected chi connectivity index (χ2v) is 9.34. The van der Waals surface area contributed by atoms with Crippen LogP contribution in [0.2, 0.25) is 0 Å². The zero-order valence-corrected chi connectivity index (χ0v) is 18.4. The predicted octanol–water partition coefficient (Wildman–Crippen LogP) is 1.31. The minimum atomic E-state index is -0.559. The monoisotopic (exact) mass is 444 g/mol. The molecule has 0 aromatic carbocycles. The lowest BCUT2D eigenvalue weighted by Gasteiger charge is -2.33. The highest BCUT2D eigenvalue weighted by Crippen LogP contribution is 2.29. The SMILES string of the molecule is CC(C)(C)OC(=O)N1CCC(c2cc(=O)[nH]c3c(C(=O)NNC(=O)C4CC4)cnn23)CC1. The molecule has 11 nitrogen and oxygen atoms in total. The van der Waals surface area contributed by atoms with E-state index >= 15 is 0 Å². The third-order valence-corrected chi connectivity index (χ3v) is 5.59. The molecule has 2 aliphatic rings.